The molecule has 0 aromatic heterocycles. The fourth-order valence-electron chi connectivity index (χ4n) is 2.53. The highest BCUT2D eigenvalue weighted by Crippen LogP contribution is 2.25. The van der Waals surface area contributed by atoms with Crippen molar-refractivity contribution in [2.75, 3.05) is 20.8 Å². The lowest BCUT2D eigenvalue weighted by Gasteiger charge is -2.15. The summed E-state index contributed by atoms with van der Waals surface area (Å²) in [6.07, 6.45) is 0. The van der Waals surface area contributed by atoms with Crippen LogP contribution in [0.1, 0.15) is 18.1 Å². The molecule has 0 spiro atoms. The van der Waals surface area contributed by atoms with E-state index in [9.17, 15) is 8.78 Å². The average molecular weight is 521 g/mol. The van der Waals surface area contributed by atoms with Gasteiger partial charge in [0.25, 0.3) is 0 Å². The van der Waals surface area contributed by atoms with Crippen LogP contribution < -0.4 is 24.8 Å². The molecule has 2 rings (SSSR count). The molecule has 29 heavy (non-hydrogen) atoms. The second kappa shape index (κ2) is 13.0. The zero-order chi connectivity index (χ0) is 20.4. The van der Waals surface area contributed by atoms with E-state index >= 15 is 0 Å². The van der Waals surface area contributed by atoms with Crippen molar-refractivity contribution in [3.8, 4) is 17.2 Å². The van der Waals surface area contributed by atoms with E-state index in [1.54, 1.807) is 19.2 Å². The molecule has 0 aliphatic carbocycles. The number of ether oxygens (including phenoxy) is 3. The molecule has 0 unspecified atom stereocenters. The van der Waals surface area contributed by atoms with E-state index in [2.05, 4.69) is 20.4 Å². The van der Waals surface area contributed by atoms with Gasteiger partial charge >= 0.3 is 6.61 Å². The highest BCUT2D eigenvalue weighted by molar-refractivity contribution is 14.0. The number of nitrogens with zero attached hydrogens (tertiary/aromatic N) is 1. The number of aliphatic imine (C=N–C) groups is 1. The molecule has 2 aromatic carbocycles. The zero-order valence-electron chi connectivity index (χ0n) is 16.6. The van der Waals surface area contributed by atoms with Gasteiger partial charge in [-0.25, -0.2) is 0 Å². The maximum absolute atomic E-state index is 12.6. The summed E-state index contributed by atoms with van der Waals surface area (Å²) >= 11 is 0. The number of benzene rings is 2. The summed E-state index contributed by atoms with van der Waals surface area (Å²) in [4.78, 5) is 4.15. The molecule has 2 aromatic rings. The number of hydrogen-bond donors (Lipinski definition) is 2. The minimum Gasteiger partial charge on any atom is -0.497 e. The second-order valence-corrected chi connectivity index (χ2v) is 5.71. The van der Waals surface area contributed by atoms with E-state index in [0.29, 0.717) is 30.4 Å². The van der Waals surface area contributed by atoms with Crippen LogP contribution >= 0.6 is 24.0 Å². The van der Waals surface area contributed by atoms with Gasteiger partial charge in [0.05, 0.1) is 13.7 Å². The van der Waals surface area contributed by atoms with Crippen molar-refractivity contribution in [3.63, 3.8) is 0 Å². The molecule has 0 aliphatic heterocycles. The normalized spacial score (nSPS) is 10.9. The average Bonchev–Trinajstić information content (AvgIpc) is 2.69. The SMILES string of the molecule is CCOc1cccc(CNC(=NC)NCc2cc(OC)ccc2OC(F)F)c1.I. The zero-order valence-corrected chi connectivity index (χ0v) is 18.9. The first-order valence-corrected chi connectivity index (χ1v) is 8.83. The summed E-state index contributed by atoms with van der Waals surface area (Å²) < 4.78 is 40.5. The minimum atomic E-state index is -2.90. The molecule has 0 heterocycles. The van der Waals surface area contributed by atoms with Gasteiger partial charge in [0.15, 0.2) is 5.96 Å². The van der Waals surface area contributed by atoms with Crippen molar-refractivity contribution in [2.24, 2.45) is 4.99 Å². The van der Waals surface area contributed by atoms with Crippen LogP contribution in [-0.2, 0) is 13.1 Å². The maximum atomic E-state index is 12.6. The predicted octanol–water partition coefficient (Wildman–Crippen LogP) is 4.18. The molecule has 0 atom stereocenters. The van der Waals surface area contributed by atoms with Crippen LogP contribution in [0.5, 0.6) is 17.2 Å². The van der Waals surface area contributed by atoms with Crippen LogP contribution in [-0.4, -0.2) is 33.3 Å². The fraction of sp³-hybridized carbons (Fsp3) is 0.350. The smallest absolute Gasteiger partial charge is 0.387 e. The van der Waals surface area contributed by atoms with Crippen LogP contribution in [0.3, 0.4) is 0 Å². The van der Waals surface area contributed by atoms with Gasteiger partial charge in [0, 0.05) is 25.7 Å². The summed E-state index contributed by atoms with van der Waals surface area (Å²) in [5.41, 5.74) is 1.55. The van der Waals surface area contributed by atoms with Crippen LogP contribution in [0.2, 0.25) is 0 Å². The first-order valence-electron chi connectivity index (χ1n) is 8.83. The van der Waals surface area contributed by atoms with Gasteiger partial charge in [0.1, 0.15) is 17.2 Å². The van der Waals surface area contributed by atoms with Gasteiger partial charge in [-0.2, -0.15) is 8.78 Å². The second-order valence-electron chi connectivity index (χ2n) is 5.71. The summed E-state index contributed by atoms with van der Waals surface area (Å²) in [5.74, 6) is 1.96. The van der Waals surface area contributed by atoms with Gasteiger partial charge in [-0.15, -0.1) is 24.0 Å². The van der Waals surface area contributed by atoms with E-state index < -0.39 is 6.61 Å². The van der Waals surface area contributed by atoms with Gasteiger partial charge in [-0.05, 0) is 42.8 Å². The van der Waals surface area contributed by atoms with E-state index in [1.807, 2.05) is 31.2 Å². The van der Waals surface area contributed by atoms with Gasteiger partial charge in [-0.3, -0.25) is 4.99 Å². The summed E-state index contributed by atoms with van der Waals surface area (Å²) in [5, 5.41) is 6.27. The Morgan fingerprint density at radius 1 is 1.07 bits per heavy atom. The van der Waals surface area contributed by atoms with Crippen molar-refractivity contribution in [3.05, 3.63) is 53.6 Å². The monoisotopic (exact) mass is 521 g/mol. The molecule has 0 saturated heterocycles. The Kier molecular flexibility index (Phi) is 11.1. The highest BCUT2D eigenvalue weighted by atomic mass is 127. The molecule has 0 saturated carbocycles. The Balaban J connectivity index is 0.00000420. The van der Waals surface area contributed by atoms with E-state index in [-0.39, 0.29) is 36.3 Å². The summed E-state index contributed by atoms with van der Waals surface area (Å²) in [7, 11) is 3.14. The third kappa shape index (κ3) is 8.30. The number of halogens is 3. The van der Waals surface area contributed by atoms with Crippen LogP contribution in [0, 0.1) is 0 Å². The Bertz CT molecular complexity index is 791. The van der Waals surface area contributed by atoms with Crippen LogP contribution in [0.15, 0.2) is 47.5 Å². The van der Waals surface area contributed by atoms with Crippen molar-refractivity contribution in [1.82, 2.24) is 10.6 Å². The molecule has 0 fully saturated rings. The largest absolute Gasteiger partial charge is 0.497 e. The lowest BCUT2D eigenvalue weighted by Crippen LogP contribution is -2.36. The molecule has 0 aliphatic rings. The number of rotatable bonds is 9. The molecule has 6 nitrogen and oxygen atoms in total. The van der Waals surface area contributed by atoms with Crippen LogP contribution in [0.25, 0.3) is 0 Å². The molecule has 2 N–H and O–H groups in total. The molecular weight excluding hydrogens is 495 g/mol. The van der Waals surface area contributed by atoms with Gasteiger partial charge in [0.2, 0.25) is 0 Å². The van der Waals surface area contributed by atoms with Gasteiger partial charge in [-0.1, -0.05) is 12.1 Å². The standard InChI is InChI=1S/C20H25F2N3O3.HI/c1-4-27-17-7-5-6-14(10-17)12-24-20(23-2)25-13-15-11-16(26-3)8-9-18(15)28-19(21)22;/h5-11,19H,4,12-13H2,1-3H3,(H2,23,24,25);1H. The predicted molar refractivity (Wildman–Crippen MR) is 120 cm³/mol. The number of nitrogens with one attached hydrogen (secondary N) is 2. The first kappa shape index (κ1) is 24.7. The molecule has 0 amide bonds. The summed E-state index contributed by atoms with van der Waals surface area (Å²) in [6.45, 7) is 0.393. The third-order valence-corrected chi connectivity index (χ3v) is 3.82. The van der Waals surface area contributed by atoms with E-state index in [1.165, 1.54) is 13.2 Å². The third-order valence-electron chi connectivity index (χ3n) is 3.82. The van der Waals surface area contributed by atoms with Crippen molar-refractivity contribution in [1.29, 1.82) is 0 Å². The Morgan fingerprint density at radius 3 is 2.48 bits per heavy atom. The molecule has 0 radical (unpaired) electrons. The van der Waals surface area contributed by atoms with E-state index in [0.717, 1.165) is 11.3 Å². The Morgan fingerprint density at radius 2 is 1.83 bits per heavy atom. The van der Waals surface area contributed by atoms with Gasteiger partial charge < -0.3 is 24.8 Å². The quantitative estimate of drug-likeness (QED) is 0.295. The lowest BCUT2D eigenvalue weighted by molar-refractivity contribution is -0.0504. The fourth-order valence-corrected chi connectivity index (χ4v) is 2.53. The Hall–Kier alpha value is -2.30. The molecule has 160 valence electrons. The highest BCUT2D eigenvalue weighted by Gasteiger charge is 2.11. The number of guanidine groups is 1. The minimum absolute atomic E-state index is 0. The van der Waals surface area contributed by atoms with Crippen molar-refractivity contribution < 1.29 is 23.0 Å². The maximum Gasteiger partial charge on any atom is 0.387 e. The number of methoxy groups -OCH3 is 1. The van der Waals surface area contributed by atoms with Crippen molar-refractivity contribution in [2.45, 2.75) is 26.6 Å². The topological polar surface area (TPSA) is 64.1 Å². The molecule has 9 heteroatoms. The van der Waals surface area contributed by atoms with Crippen LogP contribution in [0.4, 0.5) is 8.78 Å². The Labute approximate surface area is 186 Å². The van der Waals surface area contributed by atoms with E-state index in [4.69, 9.17) is 9.47 Å². The first-order chi connectivity index (χ1) is 13.5. The number of alkyl halides is 2. The lowest BCUT2D eigenvalue weighted by atomic mass is 10.2. The molecule has 0 bridgehead atoms. The summed E-state index contributed by atoms with van der Waals surface area (Å²) in [6, 6.07) is 12.4. The van der Waals surface area contributed by atoms with Crippen molar-refractivity contribution >= 4 is 29.9 Å². The molecular formula is C20H26F2IN3O3. The number of hydrogen-bond acceptors (Lipinski definition) is 4.